The molecule has 0 aliphatic heterocycles. The third-order valence-corrected chi connectivity index (χ3v) is 3.42. The van der Waals surface area contributed by atoms with Crippen molar-refractivity contribution in [2.75, 3.05) is 6.54 Å². The van der Waals surface area contributed by atoms with E-state index in [4.69, 9.17) is 0 Å². The molecule has 0 radical (unpaired) electrons. The quantitative estimate of drug-likeness (QED) is 0.915. The number of hydrogen-bond donors (Lipinski definition) is 1. The minimum atomic E-state index is 0.373. The first-order chi connectivity index (χ1) is 9.99. The predicted molar refractivity (Wildman–Crippen MR) is 84.1 cm³/mol. The minimum Gasteiger partial charge on any atom is -0.314 e. The van der Waals surface area contributed by atoms with Crippen LogP contribution >= 0.6 is 0 Å². The molecule has 1 atom stereocenters. The molecule has 1 unspecified atom stereocenters. The molecule has 2 aromatic rings. The van der Waals surface area contributed by atoms with Crippen LogP contribution in [0.1, 0.15) is 43.6 Å². The fourth-order valence-electron chi connectivity index (χ4n) is 2.47. The van der Waals surface area contributed by atoms with Crippen LogP contribution in [0, 0.1) is 13.8 Å². The number of hydrogen-bond acceptors (Lipinski definition) is 5. The highest BCUT2D eigenvalue weighted by Crippen LogP contribution is 2.23. The normalized spacial score (nSPS) is 12.7. The van der Waals surface area contributed by atoms with E-state index in [2.05, 4.69) is 46.0 Å². The van der Waals surface area contributed by atoms with E-state index in [0.29, 0.717) is 23.6 Å². The van der Waals surface area contributed by atoms with E-state index in [-0.39, 0.29) is 0 Å². The summed E-state index contributed by atoms with van der Waals surface area (Å²) in [4.78, 5) is 17.6. The molecular formula is C16H23N5. The molecular weight excluding hydrogens is 262 g/mol. The average molecular weight is 285 g/mol. The van der Waals surface area contributed by atoms with E-state index in [1.54, 1.807) is 18.5 Å². The van der Waals surface area contributed by atoms with Crippen molar-refractivity contribution >= 4 is 0 Å². The van der Waals surface area contributed by atoms with E-state index in [1.165, 1.54) is 5.56 Å². The van der Waals surface area contributed by atoms with E-state index < -0.39 is 0 Å². The van der Waals surface area contributed by atoms with Gasteiger partial charge in [-0.1, -0.05) is 20.8 Å². The maximum absolute atomic E-state index is 4.59. The van der Waals surface area contributed by atoms with E-state index in [9.17, 15) is 0 Å². The molecule has 5 nitrogen and oxygen atoms in total. The maximum Gasteiger partial charge on any atom is 0.198 e. The highest BCUT2D eigenvalue weighted by Gasteiger charge is 2.16. The van der Waals surface area contributed by atoms with Gasteiger partial charge >= 0.3 is 0 Å². The summed E-state index contributed by atoms with van der Waals surface area (Å²) in [6, 6.07) is 2.27. The van der Waals surface area contributed by atoms with Gasteiger partial charge in [0.05, 0.1) is 0 Å². The molecule has 0 aliphatic rings. The topological polar surface area (TPSA) is 63.6 Å². The predicted octanol–water partition coefficient (Wildman–Crippen LogP) is 2.65. The first-order valence-corrected chi connectivity index (χ1v) is 7.35. The van der Waals surface area contributed by atoms with Crippen molar-refractivity contribution < 1.29 is 0 Å². The van der Waals surface area contributed by atoms with E-state index in [0.717, 1.165) is 17.9 Å². The van der Waals surface area contributed by atoms with Gasteiger partial charge in [-0.05, 0) is 31.4 Å². The smallest absolute Gasteiger partial charge is 0.198 e. The van der Waals surface area contributed by atoms with Crippen LogP contribution in [0.15, 0.2) is 18.5 Å². The van der Waals surface area contributed by atoms with Gasteiger partial charge in [0.2, 0.25) is 0 Å². The summed E-state index contributed by atoms with van der Waals surface area (Å²) < 4.78 is 0. The van der Waals surface area contributed by atoms with Gasteiger partial charge < -0.3 is 5.32 Å². The summed E-state index contributed by atoms with van der Waals surface area (Å²) in [5, 5.41) is 3.46. The lowest BCUT2D eigenvalue weighted by Crippen LogP contribution is -2.27. The standard InChI is InChI=1S/C16H23N5/c1-10(2)19-9-11(3)14-12(4)20-16(21-13(14)5)15-17-7-6-8-18-15/h6-8,10-11,19H,9H2,1-5H3. The lowest BCUT2D eigenvalue weighted by molar-refractivity contribution is 0.544. The summed E-state index contributed by atoms with van der Waals surface area (Å²) in [6.45, 7) is 11.5. The second kappa shape index (κ2) is 6.72. The summed E-state index contributed by atoms with van der Waals surface area (Å²) in [7, 11) is 0. The molecule has 0 fully saturated rings. The third kappa shape index (κ3) is 3.82. The van der Waals surface area contributed by atoms with Crippen LogP contribution < -0.4 is 5.32 Å². The molecule has 5 heteroatoms. The second-order valence-electron chi connectivity index (χ2n) is 5.67. The van der Waals surface area contributed by atoms with Crippen molar-refractivity contribution in [1.29, 1.82) is 0 Å². The van der Waals surface area contributed by atoms with Gasteiger partial charge in [-0.25, -0.2) is 19.9 Å². The molecule has 0 spiro atoms. The van der Waals surface area contributed by atoms with Crippen LogP contribution in [0.4, 0.5) is 0 Å². The molecule has 0 saturated carbocycles. The van der Waals surface area contributed by atoms with Crippen LogP contribution in [-0.4, -0.2) is 32.5 Å². The van der Waals surface area contributed by atoms with Crippen molar-refractivity contribution in [3.63, 3.8) is 0 Å². The van der Waals surface area contributed by atoms with Crippen LogP contribution in [0.3, 0.4) is 0 Å². The van der Waals surface area contributed by atoms with Crippen LogP contribution in [0.25, 0.3) is 11.6 Å². The number of aryl methyl sites for hydroxylation is 2. The Morgan fingerprint density at radius 2 is 1.52 bits per heavy atom. The highest BCUT2D eigenvalue weighted by atomic mass is 15.0. The molecule has 21 heavy (non-hydrogen) atoms. The molecule has 0 aliphatic carbocycles. The van der Waals surface area contributed by atoms with Crippen molar-refractivity contribution in [2.24, 2.45) is 0 Å². The average Bonchev–Trinajstić information content (AvgIpc) is 2.45. The summed E-state index contributed by atoms with van der Waals surface area (Å²) in [5.41, 5.74) is 3.22. The molecule has 112 valence electrons. The van der Waals surface area contributed by atoms with Gasteiger partial charge in [-0.2, -0.15) is 0 Å². The number of nitrogens with one attached hydrogen (secondary N) is 1. The Balaban J connectivity index is 2.29. The van der Waals surface area contributed by atoms with Crippen molar-refractivity contribution in [2.45, 2.75) is 46.6 Å². The Hall–Kier alpha value is -1.88. The molecule has 0 saturated heterocycles. The van der Waals surface area contributed by atoms with Gasteiger partial charge in [0.15, 0.2) is 11.6 Å². The Morgan fingerprint density at radius 1 is 0.952 bits per heavy atom. The second-order valence-corrected chi connectivity index (χ2v) is 5.67. The molecule has 0 bridgehead atoms. The summed E-state index contributed by atoms with van der Waals surface area (Å²) in [5.74, 6) is 1.54. The molecule has 2 aromatic heterocycles. The third-order valence-electron chi connectivity index (χ3n) is 3.42. The Bertz CT molecular complexity index is 572. The van der Waals surface area contributed by atoms with E-state index >= 15 is 0 Å². The summed E-state index contributed by atoms with van der Waals surface area (Å²) in [6.07, 6.45) is 3.42. The largest absolute Gasteiger partial charge is 0.314 e. The Kier molecular flexibility index (Phi) is 4.96. The number of rotatable bonds is 5. The SMILES string of the molecule is Cc1nc(-c2ncccn2)nc(C)c1C(C)CNC(C)C. The van der Waals surface area contributed by atoms with Crippen molar-refractivity contribution in [3.8, 4) is 11.6 Å². The minimum absolute atomic E-state index is 0.373. The van der Waals surface area contributed by atoms with Gasteiger partial charge in [0, 0.05) is 36.4 Å². The van der Waals surface area contributed by atoms with Crippen molar-refractivity contribution in [1.82, 2.24) is 25.3 Å². The van der Waals surface area contributed by atoms with Gasteiger partial charge in [-0.3, -0.25) is 0 Å². The van der Waals surface area contributed by atoms with Crippen LogP contribution in [0.5, 0.6) is 0 Å². The molecule has 2 heterocycles. The zero-order valence-electron chi connectivity index (χ0n) is 13.4. The Morgan fingerprint density at radius 3 is 2.05 bits per heavy atom. The van der Waals surface area contributed by atoms with Crippen LogP contribution in [0.2, 0.25) is 0 Å². The molecule has 1 N–H and O–H groups in total. The van der Waals surface area contributed by atoms with Crippen molar-refractivity contribution in [3.05, 3.63) is 35.4 Å². The zero-order valence-corrected chi connectivity index (χ0v) is 13.4. The maximum atomic E-state index is 4.59. The molecule has 0 amide bonds. The number of aromatic nitrogens is 4. The van der Waals surface area contributed by atoms with Gasteiger partial charge in [-0.15, -0.1) is 0 Å². The highest BCUT2D eigenvalue weighted by molar-refractivity contribution is 5.45. The lowest BCUT2D eigenvalue weighted by atomic mass is 9.97. The van der Waals surface area contributed by atoms with Gasteiger partial charge in [0.25, 0.3) is 0 Å². The first-order valence-electron chi connectivity index (χ1n) is 7.35. The fourth-order valence-corrected chi connectivity index (χ4v) is 2.47. The van der Waals surface area contributed by atoms with Crippen LogP contribution in [-0.2, 0) is 0 Å². The van der Waals surface area contributed by atoms with E-state index in [1.807, 2.05) is 13.8 Å². The molecule has 0 aromatic carbocycles. The summed E-state index contributed by atoms with van der Waals surface area (Å²) >= 11 is 0. The molecule has 2 rings (SSSR count). The lowest BCUT2D eigenvalue weighted by Gasteiger charge is -2.19. The monoisotopic (exact) mass is 285 g/mol. The first kappa shape index (κ1) is 15.5. The fraction of sp³-hybridized carbons (Fsp3) is 0.500. The number of nitrogens with zero attached hydrogens (tertiary/aromatic N) is 4. The van der Waals surface area contributed by atoms with Gasteiger partial charge in [0.1, 0.15) is 0 Å². The Labute approximate surface area is 126 Å². The zero-order chi connectivity index (χ0) is 15.4.